The van der Waals surface area contributed by atoms with Gasteiger partial charge in [-0.2, -0.15) is 0 Å². The minimum Gasteiger partial charge on any atom is -0.341 e. The Morgan fingerprint density at radius 1 is 1.00 bits per heavy atom. The molecule has 1 amide bonds. The zero-order valence-electron chi connectivity index (χ0n) is 12.8. The monoisotopic (exact) mass is 256 g/mol. The molecule has 0 saturated heterocycles. The highest BCUT2D eigenvalue weighted by molar-refractivity contribution is 5.76. The number of hydrogen-bond acceptors (Lipinski definition) is 2. The summed E-state index contributed by atoms with van der Waals surface area (Å²) >= 11 is 0. The van der Waals surface area contributed by atoms with Crippen LogP contribution in [0.25, 0.3) is 0 Å². The van der Waals surface area contributed by atoms with Crippen molar-refractivity contribution in [3.05, 3.63) is 0 Å². The predicted octanol–water partition coefficient (Wildman–Crippen LogP) is 3.54. The van der Waals surface area contributed by atoms with Gasteiger partial charge in [0.1, 0.15) is 0 Å². The van der Waals surface area contributed by atoms with Crippen LogP contribution in [-0.2, 0) is 4.79 Å². The van der Waals surface area contributed by atoms with Gasteiger partial charge in [-0.3, -0.25) is 9.69 Å². The first-order valence-electron chi connectivity index (χ1n) is 7.57. The van der Waals surface area contributed by atoms with Crippen molar-refractivity contribution in [1.29, 1.82) is 0 Å². The number of amides is 1. The molecule has 0 spiro atoms. The third-order valence-electron chi connectivity index (χ3n) is 3.35. The van der Waals surface area contributed by atoms with E-state index >= 15 is 0 Å². The fraction of sp³-hybridized carbons (Fsp3) is 0.933. The molecule has 18 heavy (non-hydrogen) atoms. The second-order valence-corrected chi connectivity index (χ2v) is 5.33. The molecule has 0 aromatic heterocycles. The summed E-state index contributed by atoms with van der Waals surface area (Å²) in [6.07, 6.45) is 10.6. The maximum Gasteiger partial charge on any atom is 0.221 e. The van der Waals surface area contributed by atoms with Gasteiger partial charge in [0.2, 0.25) is 5.91 Å². The fourth-order valence-corrected chi connectivity index (χ4v) is 2.10. The molecule has 0 aromatic carbocycles. The van der Waals surface area contributed by atoms with E-state index in [9.17, 15) is 4.79 Å². The average molecular weight is 256 g/mol. The Morgan fingerprint density at radius 3 is 2.06 bits per heavy atom. The van der Waals surface area contributed by atoms with Gasteiger partial charge < -0.3 is 5.32 Å². The van der Waals surface area contributed by atoms with Crippen molar-refractivity contribution in [3.63, 3.8) is 0 Å². The summed E-state index contributed by atoms with van der Waals surface area (Å²) in [7, 11) is 4.00. The molecular weight excluding hydrogens is 224 g/mol. The van der Waals surface area contributed by atoms with Crippen LogP contribution in [0.2, 0.25) is 0 Å². The lowest BCUT2D eigenvalue weighted by Gasteiger charge is -2.23. The molecule has 0 bridgehead atoms. The summed E-state index contributed by atoms with van der Waals surface area (Å²) in [5.41, 5.74) is 0. The van der Waals surface area contributed by atoms with E-state index in [4.69, 9.17) is 0 Å². The van der Waals surface area contributed by atoms with Crippen LogP contribution in [-0.4, -0.2) is 31.1 Å². The summed E-state index contributed by atoms with van der Waals surface area (Å²) < 4.78 is 0. The minimum atomic E-state index is 0.182. The van der Waals surface area contributed by atoms with E-state index in [0.29, 0.717) is 6.42 Å². The van der Waals surface area contributed by atoms with E-state index in [1.165, 1.54) is 38.5 Å². The SMILES string of the molecule is CCCCCCCCCC(=O)NC(CC)N(C)C. The van der Waals surface area contributed by atoms with Gasteiger partial charge in [-0.1, -0.05) is 52.4 Å². The number of rotatable bonds is 11. The van der Waals surface area contributed by atoms with Gasteiger partial charge >= 0.3 is 0 Å². The summed E-state index contributed by atoms with van der Waals surface area (Å²) in [6, 6.07) is 0. The zero-order valence-corrected chi connectivity index (χ0v) is 12.8. The van der Waals surface area contributed by atoms with Crippen molar-refractivity contribution in [3.8, 4) is 0 Å². The van der Waals surface area contributed by atoms with Gasteiger partial charge in [0.15, 0.2) is 0 Å². The average Bonchev–Trinajstić information content (AvgIpc) is 2.34. The molecule has 3 heteroatoms. The van der Waals surface area contributed by atoms with Gasteiger partial charge in [-0.25, -0.2) is 0 Å². The molecule has 1 N–H and O–H groups in total. The Balaban J connectivity index is 3.47. The molecule has 0 aliphatic carbocycles. The normalized spacial score (nSPS) is 12.7. The molecule has 0 saturated carbocycles. The summed E-state index contributed by atoms with van der Waals surface area (Å²) in [5.74, 6) is 0.198. The Morgan fingerprint density at radius 2 is 1.56 bits per heavy atom. The number of carbonyl (C=O) groups excluding carboxylic acids is 1. The maximum absolute atomic E-state index is 11.7. The van der Waals surface area contributed by atoms with E-state index in [1.807, 2.05) is 14.1 Å². The highest BCUT2D eigenvalue weighted by Gasteiger charge is 2.11. The molecule has 3 nitrogen and oxygen atoms in total. The van der Waals surface area contributed by atoms with Gasteiger partial charge in [-0.15, -0.1) is 0 Å². The first kappa shape index (κ1) is 17.4. The van der Waals surface area contributed by atoms with Crippen molar-refractivity contribution in [2.75, 3.05) is 14.1 Å². The van der Waals surface area contributed by atoms with Crippen molar-refractivity contribution < 1.29 is 4.79 Å². The molecule has 0 aliphatic rings. The van der Waals surface area contributed by atoms with Crippen LogP contribution in [0, 0.1) is 0 Å². The van der Waals surface area contributed by atoms with Crippen LogP contribution < -0.4 is 5.32 Å². The first-order chi connectivity index (χ1) is 8.61. The Kier molecular flexibility index (Phi) is 11.2. The highest BCUT2D eigenvalue weighted by Crippen LogP contribution is 2.08. The van der Waals surface area contributed by atoms with Gasteiger partial charge in [0.25, 0.3) is 0 Å². The molecule has 1 unspecified atom stereocenters. The molecule has 108 valence electrons. The lowest BCUT2D eigenvalue weighted by Crippen LogP contribution is -2.44. The quantitative estimate of drug-likeness (QED) is 0.453. The summed E-state index contributed by atoms with van der Waals surface area (Å²) in [5, 5.41) is 3.06. The van der Waals surface area contributed by atoms with Gasteiger partial charge in [0.05, 0.1) is 6.17 Å². The smallest absolute Gasteiger partial charge is 0.221 e. The number of nitrogens with zero attached hydrogens (tertiary/aromatic N) is 1. The Hall–Kier alpha value is -0.570. The molecule has 0 fully saturated rings. The van der Waals surface area contributed by atoms with Crippen LogP contribution in [0.5, 0.6) is 0 Å². The van der Waals surface area contributed by atoms with Crippen molar-refractivity contribution >= 4 is 5.91 Å². The lowest BCUT2D eigenvalue weighted by molar-refractivity contribution is -0.123. The molecule has 0 rings (SSSR count). The van der Waals surface area contributed by atoms with Crippen LogP contribution in [0.15, 0.2) is 0 Å². The third kappa shape index (κ3) is 9.46. The van der Waals surface area contributed by atoms with Crippen molar-refractivity contribution in [2.24, 2.45) is 0 Å². The maximum atomic E-state index is 11.7. The minimum absolute atomic E-state index is 0.182. The molecule has 0 heterocycles. The molecule has 0 aliphatic heterocycles. The molecule has 0 aromatic rings. The number of carbonyl (C=O) groups is 1. The molecule has 1 atom stereocenters. The Labute approximate surface area is 113 Å². The second-order valence-electron chi connectivity index (χ2n) is 5.33. The van der Waals surface area contributed by atoms with E-state index in [0.717, 1.165) is 12.8 Å². The van der Waals surface area contributed by atoms with E-state index < -0.39 is 0 Å². The van der Waals surface area contributed by atoms with E-state index in [1.54, 1.807) is 0 Å². The molecule has 0 radical (unpaired) electrons. The van der Waals surface area contributed by atoms with Crippen LogP contribution in [0.3, 0.4) is 0 Å². The van der Waals surface area contributed by atoms with Crippen molar-refractivity contribution in [1.82, 2.24) is 10.2 Å². The topological polar surface area (TPSA) is 32.3 Å². The van der Waals surface area contributed by atoms with E-state index in [2.05, 4.69) is 24.1 Å². The predicted molar refractivity (Wildman–Crippen MR) is 78.5 cm³/mol. The third-order valence-corrected chi connectivity index (χ3v) is 3.35. The van der Waals surface area contributed by atoms with Crippen molar-refractivity contribution in [2.45, 2.75) is 77.8 Å². The van der Waals surface area contributed by atoms with E-state index in [-0.39, 0.29) is 12.1 Å². The fourth-order valence-electron chi connectivity index (χ4n) is 2.10. The van der Waals surface area contributed by atoms with Gasteiger partial charge in [-0.05, 0) is 26.9 Å². The number of unbranched alkanes of at least 4 members (excludes halogenated alkanes) is 6. The largest absolute Gasteiger partial charge is 0.341 e. The lowest BCUT2D eigenvalue weighted by atomic mass is 10.1. The summed E-state index contributed by atoms with van der Waals surface area (Å²) in [6.45, 7) is 4.33. The zero-order chi connectivity index (χ0) is 13.8. The first-order valence-corrected chi connectivity index (χ1v) is 7.57. The molecular formula is C15H32N2O. The van der Waals surface area contributed by atoms with Crippen LogP contribution in [0.4, 0.5) is 0 Å². The second kappa shape index (κ2) is 11.5. The number of nitrogens with one attached hydrogen (secondary N) is 1. The van der Waals surface area contributed by atoms with Crippen LogP contribution in [0.1, 0.15) is 71.6 Å². The summed E-state index contributed by atoms with van der Waals surface area (Å²) in [4.78, 5) is 13.8. The van der Waals surface area contributed by atoms with Crippen LogP contribution >= 0.6 is 0 Å². The standard InChI is InChI=1S/C15H32N2O/c1-5-7-8-9-10-11-12-13-15(18)16-14(6-2)17(3)4/h14H,5-13H2,1-4H3,(H,16,18). The number of hydrogen-bond donors (Lipinski definition) is 1. The Bertz CT molecular complexity index is 205. The highest BCUT2D eigenvalue weighted by atomic mass is 16.1. The van der Waals surface area contributed by atoms with Gasteiger partial charge in [0, 0.05) is 6.42 Å².